The van der Waals surface area contributed by atoms with Gasteiger partial charge in [-0.1, -0.05) is 12.1 Å². The van der Waals surface area contributed by atoms with Crippen molar-refractivity contribution in [3.63, 3.8) is 0 Å². The SMILES string of the molecule is Fc1cccc(CN2CC3CC2CN3c2nccn3cnnc23)c1. The highest BCUT2D eigenvalue weighted by Crippen LogP contribution is 2.35. The van der Waals surface area contributed by atoms with Gasteiger partial charge in [0, 0.05) is 44.1 Å². The third-order valence-corrected chi connectivity index (χ3v) is 5.10. The van der Waals surface area contributed by atoms with E-state index in [0.29, 0.717) is 12.1 Å². The standard InChI is InChI=1S/C17H17FN6/c18-13-3-1-2-12(6-13)8-23-9-15-7-14(23)10-24(15)16-17-21-20-11-22(17)5-4-19-16/h1-6,11,14-15H,7-10H2. The summed E-state index contributed by atoms with van der Waals surface area (Å²) in [6.07, 6.45) is 6.48. The Hall–Kier alpha value is -2.54. The molecule has 24 heavy (non-hydrogen) atoms. The zero-order valence-corrected chi connectivity index (χ0v) is 13.1. The molecule has 2 aliphatic heterocycles. The van der Waals surface area contributed by atoms with Gasteiger partial charge in [-0.3, -0.25) is 9.30 Å². The fourth-order valence-electron chi connectivity index (χ4n) is 4.02. The number of hydrogen-bond acceptors (Lipinski definition) is 5. The zero-order valence-electron chi connectivity index (χ0n) is 13.1. The van der Waals surface area contributed by atoms with E-state index in [-0.39, 0.29) is 5.82 Å². The number of rotatable bonds is 3. The minimum absolute atomic E-state index is 0.166. The van der Waals surface area contributed by atoms with Gasteiger partial charge in [-0.2, -0.15) is 0 Å². The first-order valence-corrected chi connectivity index (χ1v) is 8.17. The first kappa shape index (κ1) is 13.9. The molecule has 2 atom stereocenters. The van der Waals surface area contributed by atoms with Crippen LogP contribution in [0.1, 0.15) is 12.0 Å². The summed E-state index contributed by atoms with van der Waals surface area (Å²) in [4.78, 5) is 9.32. The molecule has 2 saturated heterocycles. The van der Waals surface area contributed by atoms with Crippen molar-refractivity contribution in [1.29, 1.82) is 0 Å². The lowest BCUT2D eigenvalue weighted by Gasteiger charge is -2.34. The number of benzene rings is 1. The van der Waals surface area contributed by atoms with Crippen LogP contribution in [0.3, 0.4) is 0 Å². The third kappa shape index (κ3) is 2.16. The molecule has 7 heteroatoms. The molecular weight excluding hydrogens is 307 g/mol. The van der Waals surface area contributed by atoms with E-state index >= 15 is 0 Å². The van der Waals surface area contributed by atoms with Crippen LogP contribution in [0.25, 0.3) is 5.65 Å². The molecule has 5 rings (SSSR count). The molecule has 2 unspecified atom stereocenters. The summed E-state index contributed by atoms with van der Waals surface area (Å²) in [7, 11) is 0. The van der Waals surface area contributed by atoms with Gasteiger partial charge in [0.05, 0.1) is 0 Å². The number of likely N-dealkylation sites (tertiary alicyclic amines) is 1. The molecule has 122 valence electrons. The van der Waals surface area contributed by atoms with Crippen LogP contribution >= 0.6 is 0 Å². The van der Waals surface area contributed by atoms with Gasteiger partial charge in [0.15, 0.2) is 5.82 Å². The van der Waals surface area contributed by atoms with Crippen LogP contribution < -0.4 is 4.90 Å². The van der Waals surface area contributed by atoms with Gasteiger partial charge in [0.2, 0.25) is 5.65 Å². The Kier molecular flexibility index (Phi) is 3.02. The van der Waals surface area contributed by atoms with Crippen LogP contribution in [0.2, 0.25) is 0 Å². The second-order valence-corrected chi connectivity index (χ2v) is 6.57. The number of hydrogen-bond donors (Lipinski definition) is 0. The lowest BCUT2D eigenvalue weighted by Crippen LogP contribution is -2.46. The molecule has 6 nitrogen and oxygen atoms in total. The summed E-state index contributed by atoms with van der Waals surface area (Å²) >= 11 is 0. The molecule has 0 saturated carbocycles. The largest absolute Gasteiger partial charge is 0.348 e. The summed E-state index contributed by atoms with van der Waals surface area (Å²) in [6, 6.07) is 7.79. The Labute approximate surface area is 138 Å². The Bertz CT molecular complexity index is 893. The van der Waals surface area contributed by atoms with Crippen molar-refractivity contribution in [3.8, 4) is 0 Å². The van der Waals surface area contributed by atoms with Crippen molar-refractivity contribution in [1.82, 2.24) is 24.5 Å². The number of nitrogens with zero attached hydrogens (tertiary/aromatic N) is 6. The molecule has 1 aromatic carbocycles. The van der Waals surface area contributed by atoms with Gasteiger partial charge in [0.25, 0.3) is 0 Å². The monoisotopic (exact) mass is 324 g/mol. The molecule has 0 N–H and O–H groups in total. The highest BCUT2D eigenvalue weighted by molar-refractivity contribution is 5.64. The van der Waals surface area contributed by atoms with Crippen molar-refractivity contribution >= 4 is 11.5 Å². The van der Waals surface area contributed by atoms with Gasteiger partial charge in [0.1, 0.15) is 12.1 Å². The Morgan fingerprint density at radius 3 is 3.00 bits per heavy atom. The first-order chi connectivity index (χ1) is 11.8. The average Bonchev–Trinajstić information content (AvgIpc) is 3.29. The Morgan fingerprint density at radius 1 is 1.21 bits per heavy atom. The van der Waals surface area contributed by atoms with Crippen LogP contribution in [0.15, 0.2) is 43.0 Å². The van der Waals surface area contributed by atoms with Crippen LogP contribution in [0.4, 0.5) is 10.2 Å². The fraction of sp³-hybridized carbons (Fsp3) is 0.353. The minimum atomic E-state index is -0.166. The minimum Gasteiger partial charge on any atom is -0.348 e. The molecule has 4 heterocycles. The van der Waals surface area contributed by atoms with Crippen molar-refractivity contribution in [2.24, 2.45) is 0 Å². The molecule has 2 fully saturated rings. The van der Waals surface area contributed by atoms with E-state index in [1.54, 1.807) is 24.7 Å². The maximum absolute atomic E-state index is 13.4. The molecule has 2 bridgehead atoms. The Morgan fingerprint density at radius 2 is 2.17 bits per heavy atom. The maximum Gasteiger partial charge on any atom is 0.203 e. The molecule has 3 aromatic rings. The predicted octanol–water partition coefficient (Wildman–Crippen LogP) is 1.73. The molecule has 0 radical (unpaired) electrons. The van der Waals surface area contributed by atoms with Gasteiger partial charge in [-0.15, -0.1) is 10.2 Å². The highest BCUT2D eigenvalue weighted by Gasteiger charge is 2.44. The van der Waals surface area contributed by atoms with Gasteiger partial charge in [-0.25, -0.2) is 9.37 Å². The van der Waals surface area contributed by atoms with Crippen molar-refractivity contribution in [3.05, 3.63) is 54.4 Å². The predicted molar refractivity (Wildman–Crippen MR) is 87.1 cm³/mol. The molecule has 0 aliphatic carbocycles. The maximum atomic E-state index is 13.4. The second-order valence-electron chi connectivity index (χ2n) is 6.57. The van der Waals surface area contributed by atoms with E-state index in [1.165, 1.54) is 6.07 Å². The van der Waals surface area contributed by atoms with E-state index in [9.17, 15) is 4.39 Å². The fourth-order valence-corrected chi connectivity index (χ4v) is 4.02. The highest BCUT2D eigenvalue weighted by atomic mass is 19.1. The summed E-state index contributed by atoms with van der Waals surface area (Å²) in [5, 5.41) is 8.17. The van der Waals surface area contributed by atoms with Crippen LogP contribution in [0.5, 0.6) is 0 Å². The number of fused-ring (bicyclic) bond motifs is 3. The lowest BCUT2D eigenvalue weighted by atomic mass is 10.2. The zero-order chi connectivity index (χ0) is 16.1. The van der Waals surface area contributed by atoms with E-state index < -0.39 is 0 Å². The molecule has 0 spiro atoms. The smallest absolute Gasteiger partial charge is 0.203 e. The number of halogens is 1. The van der Waals surface area contributed by atoms with Gasteiger partial charge < -0.3 is 4.90 Å². The van der Waals surface area contributed by atoms with E-state index in [4.69, 9.17) is 0 Å². The summed E-state index contributed by atoms with van der Waals surface area (Å²) in [6.45, 7) is 2.70. The molecule has 2 aromatic heterocycles. The molecular formula is C17H17FN6. The number of aromatic nitrogens is 4. The normalized spacial score (nSPS) is 23.5. The van der Waals surface area contributed by atoms with E-state index in [0.717, 1.165) is 43.1 Å². The van der Waals surface area contributed by atoms with E-state index in [1.807, 2.05) is 16.7 Å². The number of anilines is 1. The number of piperazine rings is 1. The van der Waals surface area contributed by atoms with Gasteiger partial charge >= 0.3 is 0 Å². The average molecular weight is 324 g/mol. The Balaban J connectivity index is 1.36. The summed E-state index contributed by atoms with van der Waals surface area (Å²) in [5.74, 6) is 0.745. The van der Waals surface area contributed by atoms with Crippen molar-refractivity contribution in [2.45, 2.75) is 25.0 Å². The summed E-state index contributed by atoms with van der Waals surface area (Å²) in [5.41, 5.74) is 1.84. The summed E-state index contributed by atoms with van der Waals surface area (Å²) < 4.78 is 15.3. The van der Waals surface area contributed by atoms with Crippen LogP contribution in [-0.4, -0.2) is 49.7 Å². The first-order valence-electron chi connectivity index (χ1n) is 8.17. The van der Waals surface area contributed by atoms with Crippen LogP contribution in [0, 0.1) is 5.82 Å². The molecule has 2 aliphatic rings. The lowest BCUT2D eigenvalue weighted by molar-refractivity contribution is 0.230. The van der Waals surface area contributed by atoms with Crippen molar-refractivity contribution < 1.29 is 4.39 Å². The third-order valence-electron chi connectivity index (χ3n) is 5.10. The van der Waals surface area contributed by atoms with E-state index in [2.05, 4.69) is 25.0 Å². The molecule has 0 amide bonds. The topological polar surface area (TPSA) is 49.6 Å². The van der Waals surface area contributed by atoms with Crippen molar-refractivity contribution in [2.75, 3.05) is 18.0 Å². The second kappa shape index (κ2) is 5.24. The quantitative estimate of drug-likeness (QED) is 0.734. The van der Waals surface area contributed by atoms with Crippen LogP contribution in [-0.2, 0) is 6.54 Å². The van der Waals surface area contributed by atoms with Gasteiger partial charge in [-0.05, 0) is 24.1 Å².